The van der Waals surface area contributed by atoms with Crippen molar-refractivity contribution in [1.29, 1.82) is 5.26 Å². The van der Waals surface area contributed by atoms with E-state index in [9.17, 15) is 10.1 Å². The lowest BCUT2D eigenvalue weighted by molar-refractivity contribution is -0.128. The normalized spacial score (nSPS) is 15.0. The van der Waals surface area contributed by atoms with Gasteiger partial charge in [0.25, 0.3) is 0 Å². The topological polar surface area (TPSA) is 151 Å². The van der Waals surface area contributed by atoms with Crippen LogP contribution in [0.3, 0.4) is 0 Å². The molecule has 0 saturated carbocycles. The number of nitriles is 1. The summed E-state index contributed by atoms with van der Waals surface area (Å²) in [6.45, 7) is 1.00. The molecule has 3 aromatic heterocycles. The van der Waals surface area contributed by atoms with Gasteiger partial charge < -0.3 is 16.0 Å². The van der Waals surface area contributed by atoms with Crippen molar-refractivity contribution in [3.8, 4) is 28.7 Å². The van der Waals surface area contributed by atoms with Gasteiger partial charge in [-0.2, -0.15) is 10.4 Å². The predicted molar refractivity (Wildman–Crippen MR) is 148 cm³/mol. The number of hydrogen-bond donors (Lipinski definition) is 2. The van der Waals surface area contributed by atoms with Crippen molar-refractivity contribution in [3.05, 3.63) is 89.4 Å². The number of anilines is 1. The first-order chi connectivity index (χ1) is 19.9. The summed E-state index contributed by atoms with van der Waals surface area (Å²) in [6, 6.07) is 15.4. The Morgan fingerprint density at radius 2 is 2.05 bits per heavy atom. The van der Waals surface area contributed by atoms with Gasteiger partial charge in [-0.05, 0) is 41.8 Å². The van der Waals surface area contributed by atoms with Crippen molar-refractivity contribution in [2.45, 2.75) is 25.4 Å². The minimum Gasteiger partial charge on any atom is -0.381 e. The van der Waals surface area contributed by atoms with Crippen molar-refractivity contribution in [1.82, 2.24) is 39.8 Å². The van der Waals surface area contributed by atoms with E-state index in [2.05, 4.69) is 31.3 Å². The second kappa shape index (κ2) is 10.7. The van der Waals surface area contributed by atoms with E-state index in [0.717, 1.165) is 0 Å². The molecular formula is C29H25FN10O. The predicted octanol–water partition coefficient (Wildman–Crippen LogP) is 2.75. The fourth-order valence-corrected chi connectivity index (χ4v) is 5.04. The number of nitrogens with two attached hydrogens (primary N) is 1. The number of likely N-dealkylation sites (tertiary alicyclic amines) is 1. The Kier molecular flexibility index (Phi) is 6.78. The molecule has 1 aliphatic rings. The number of halogens is 1. The van der Waals surface area contributed by atoms with E-state index in [1.165, 1.54) is 12.4 Å². The van der Waals surface area contributed by atoms with Gasteiger partial charge in [-0.1, -0.05) is 24.3 Å². The minimum absolute atomic E-state index is 0.0290. The van der Waals surface area contributed by atoms with Crippen molar-refractivity contribution >= 4 is 17.4 Å². The molecule has 1 unspecified atom stereocenters. The number of nitrogens with one attached hydrogen (secondary N) is 1. The minimum atomic E-state index is -0.394. The maximum Gasteiger partial charge on any atom is 0.239 e. The monoisotopic (exact) mass is 548 g/mol. The lowest BCUT2D eigenvalue weighted by Crippen LogP contribution is -2.36. The molecule has 0 bridgehead atoms. The molecule has 1 fully saturated rings. The van der Waals surface area contributed by atoms with Gasteiger partial charge in [0.05, 0.1) is 23.4 Å². The zero-order valence-corrected chi connectivity index (χ0v) is 22.1. The van der Waals surface area contributed by atoms with Gasteiger partial charge in [-0.3, -0.25) is 4.79 Å². The van der Waals surface area contributed by atoms with E-state index >= 15 is 4.39 Å². The molecule has 0 radical (unpaired) electrons. The van der Waals surface area contributed by atoms with Gasteiger partial charge in [-0.15, -0.1) is 0 Å². The molecule has 5 aromatic rings. The molecule has 0 aliphatic carbocycles. The Hall–Kier alpha value is -5.28. The van der Waals surface area contributed by atoms with E-state index in [1.807, 2.05) is 12.1 Å². The van der Waals surface area contributed by atoms with Crippen molar-refractivity contribution < 1.29 is 9.18 Å². The summed E-state index contributed by atoms with van der Waals surface area (Å²) >= 11 is 0. The number of carbonyl (C=O) groups is 1. The number of rotatable bonds is 7. The third-order valence-corrected chi connectivity index (χ3v) is 7.16. The smallest absolute Gasteiger partial charge is 0.239 e. The number of benzene rings is 2. The number of likely N-dealkylation sites (N-methyl/N-ethyl adjacent to an activating group) is 1. The molecular weight excluding hydrogens is 523 g/mol. The highest BCUT2D eigenvalue weighted by Gasteiger charge is 2.29. The van der Waals surface area contributed by atoms with Crippen LogP contribution in [0.2, 0.25) is 0 Å². The largest absolute Gasteiger partial charge is 0.381 e. The highest BCUT2D eigenvalue weighted by molar-refractivity contribution is 5.83. The molecule has 3 N–H and O–H groups in total. The van der Waals surface area contributed by atoms with Gasteiger partial charge in [0.15, 0.2) is 17.3 Å². The standard InChI is InChI=1S/C29H25FN10O/c1-39-11-9-23(29(39)41)34-15-19-6-3-7-21(30)20(19)13-24-36-28-27(32)37-25(18-5-2-4-17(12-18)14-31)26(40(28)38-24)22-8-10-33-16-35-22/h2-8,10,12,16,23,34H,9,11,13,15H2,1H3,(H2,32,37). The van der Waals surface area contributed by atoms with Gasteiger partial charge in [-0.25, -0.2) is 28.8 Å². The molecule has 1 atom stereocenters. The van der Waals surface area contributed by atoms with Gasteiger partial charge in [0, 0.05) is 38.3 Å². The molecule has 2 aromatic carbocycles. The van der Waals surface area contributed by atoms with Crippen molar-refractivity contribution in [3.63, 3.8) is 0 Å². The third kappa shape index (κ3) is 4.94. The third-order valence-electron chi connectivity index (χ3n) is 7.16. The van der Waals surface area contributed by atoms with Crippen LogP contribution in [0.4, 0.5) is 10.2 Å². The van der Waals surface area contributed by atoms with Crippen LogP contribution in [-0.2, 0) is 17.8 Å². The average molecular weight is 549 g/mol. The van der Waals surface area contributed by atoms with Gasteiger partial charge >= 0.3 is 0 Å². The number of amides is 1. The SMILES string of the molecule is CN1CCC(NCc2cccc(F)c2Cc2nc3c(N)nc(-c4cccc(C#N)c4)c(-c4ccncn4)n3n2)C1=O. The first kappa shape index (κ1) is 26.0. The average Bonchev–Trinajstić information content (AvgIpc) is 3.56. The first-order valence-electron chi connectivity index (χ1n) is 13.0. The summed E-state index contributed by atoms with van der Waals surface area (Å²) in [4.78, 5) is 31.7. The Balaban J connectivity index is 1.42. The van der Waals surface area contributed by atoms with Gasteiger partial charge in [0.1, 0.15) is 23.5 Å². The molecule has 4 heterocycles. The molecule has 1 amide bonds. The van der Waals surface area contributed by atoms with Crippen LogP contribution in [-0.4, -0.2) is 60.0 Å². The maximum atomic E-state index is 15.2. The lowest BCUT2D eigenvalue weighted by Gasteiger charge is -2.14. The van der Waals surface area contributed by atoms with Crippen LogP contribution in [0, 0.1) is 17.1 Å². The summed E-state index contributed by atoms with van der Waals surface area (Å²) < 4.78 is 16.7. The summed E-state index contributed by atoms with van der Waals surface area (Å²) in [5, 5.41) is 17.4. The molecule has 0 spiro atoms. The van der Waals surface area contributed by atoms with E-state index < -0.39 is 5.82 Å². The van der Waals surface area contributed by atoms with Crippen molar-refractivity contribution in [2.24, 2.45) is 0 Å². The summed E-state index contributed by atoms with van der Waals surface area (Å²) in [5.74, 6) is 0.0911. The molecule has 12 heteroatoms. The Morgan fingerprint density at radius 1 is 1.20 bits per heavy atom. The van der Waals surface area contributed by atoms with Gasteiger partial charge in [0.2, 0.25) is 5.91 Å². The highest BCUT2D eigenvalue weighted by Crippen LogP contribution is 2.32. The quantitative estimate of drug-likeness (QED) is 0.313. The molecule has 204 valence electrons. The van der Waals surface area contributed by atoms with Crippen LogP contribution in [0.1, 0.15) is 28.9 Å². The molecule has 11 nitrogen and oxygen atoms in total. The number of fused-ring (bicyclic) bond motifs is 1. The second-order valence-corrected chi connectivity index (χ2v) is 9.78. The lowest BCUT2D eigenvalue weighted by atomic mass is 10.0. The van der Waals surface area contributed by atoms with Crippen LogP contribution < -0.4 is 11.1 Å². The number of carbonyl (C=O) groups excluding carboxylic acids is 1. The fourth-order valence-electron chi connectivity index (χ4n) is 5.04. The number of aromatic nitrogens is 6. The zero-order valence-electron chi connectivity index (χ0n) is 22.1. The number of hydrogen-bond acceptors (Lipinski definition) is 9. The summed E-state index contributed by atoms with van der Waals surface area (Å²) in [7, 11) is 1.77. The summed E-state index contributed by atoms with van der Waals surface area (Å²) in [6.07, 6.45) is 3.80. The number of nitrogens with zero attached hydrogens (tertiary/aromatic N) is 8. The van der Waals surface area contributed by atoms with Crippen LogP contribution in [0.25, 0.3) is 28.3 Å². The van der Waals surface area contributed by atoms with E-state index in [0.29, 0.717) is 70.3 Å². The summed E-state index contributed by atoms with van der Waals surface area (Å²) in [5.41, 5.74) is 10.4. The molecule has 1 aliphatic heterocycles. The maximum absolute atomic E-state index is 15.2. The Morgan fingerprint density at radius 3 is 2.80 bits per heavy atom. The zero-order chi connectivity index (χ0) is 28.5. The van der Waals surface area contributed by atoms with Crippen molar-refractivity contribution in [2.75, 3.05) is 19.3 Å². The Labute approximate surface area is 234 Å². The van der Waals surface area contributed by atoms with Crippen LogP contribution >= 0.6 is 0 Å². The Bertz CT molecular complexity index is 1810. The molecule has 6 rings (SSSR count). The van der Waals surface area contributed by atoms with E-state index in [1.54, 1.807) is 53.0 Å². The number of nitrogen functional groups attached to an aromatic ring is 1. The highest BCUT2D eigenvalue weighted by atomic mass is 19.1. The van der Waals surface area contributed by atoms with Crippen LogP contribution in [0.5, 0.6) is 0 Å². The second-order valence-electron chi connectivity index (χ2n) is 9.78. The fraction of sp³-hybridized carbons (Fsp3) is 0.207. The van der Waals surface area contributed by atoms with E-state index in [-0.39, 0.29) is 24.2 Å². The molecule has 41 heavy (non-hydrogen) atoms. The first-order valence-corrected chi connectivity index (χ1v) is 13.0. The van der Waals surface area contributed by atoms with E-state index in [4.69, 9.17) is 10.8 Å². The molecule has 1 saturated heterocycles. The van der Waals surface area contributed by atoms with Crippen LogP contribution in [0.15, 0.2) is 61.1 Å².